The third kappa shape index (κ3) is 6.22. The maximum absolute atomic E-state index is 12.3. The Kier molecular flexibility index (Phi) is 7.75. The van der Waals surface area contributed by atoms with Gasteiger partial charge in [0.2, 0.25) is 5.91 Å². The van der Waals surface area contributed by atoms with E-state index in [0.29, 0.717) is 26.0 Å². The van der Waals surface area contributed by atoms with Gasteiger partial charge in [-0.15, -0.1) is 0 Å². The molecule has 1 N–H and O–H groups in total. The molecule has 4 aromatic rings. The lowest BCUT2D eigenvalue weighted by molar-refractivity contribution is -0.120. The van der Waals surface area contributed by atoms with E-state index in [1.54, 1.807) is 0 Å². The fraction of sp³-hybridized carbons (Fsp3) is 0.286. The number of aryl methyl sites for hydroxylation is 2. The van der Waals surface area contributed by atoms with E-state index in [-0.39, 0.29) is 5.91 Å². The first-order valence-electron chi connectivity index (χ1n) is 11.6. The number of ether oxygens (including phenoxy) is 1. The average Bonchev–Trinajstić information content (AvgIpc) is 3.18. The fourth-order valence-corrected chi connectivity index (χ4v) is 4.00. The van der Waals surface area contributed by atoms with Gasteiger partial charge in [0.25, 0.3) is 0 Å². The van der Waals surface area contributed by atoms with Crippen LogP contribution in [0.5, 0.6) is 5.75 Å². The number of hydrogen-bond donors (Lipinski definition) is 1. The Labute approximate surface area is 195 Å². The Morgan fingerprint density at radius 2 is 1.70 bits per heavy atom. The van der Waals surface area contributed by atoms with Crippen molar-refractivity contribution in [2.24, 2.45) is 0 Å². The van der Waals surface area contributed by atoms with Crippen molar-refractivity contribution in [2.45, 2.75) is 39.2 Å². The summed E-state index contributed by atoms with van der Waals surface area (Å²) in [6.07, 6.45) is 3.07. The van der Waals surface area contributed by atoms with Crippen LogP contribution in [0.2, 0.25) is 0 Å². The van der Waals surface area contributed by atoms with Crippen LogP contribution in [0.3, 0.4) is 0 Å². The molecule has 0 aliphatic rings. The number of unbranched alkanes of at least 4 members (excludes halogenated alkanes) is 1. The predicted molar refractivity (Wildman–Crippen MR) is 133 cm³/mol. The molecule has 3 aromatic carbocycles. The van der Waals surface area contributed by atoms with Gasteiger partial charge in [0.15, 0.2) is 0 Å². The number of fused-ring (bicyclic) bond motifs is 1. The lowest BCUT2D eigenvalue weighted by Crippen LogP contribution is -2.28. The first kappa shape index (κ1) is 22.6. The SMILES string of the molecule is Cc1ccccc1OCCCCn1c(CCNC(=O)Cc2ccccc2)nc2ccccc21. The van der Waals surface area contributed by atoms with Gasteiger partial charge in [-0.05, 0) is 49.1 Å². The average molecular weight is 442 g/mol. The van der Waals surface area contributed by atoms with Gasteiger partial charge >= 0.3 is 0 Å². The Morgan fingerprint density at radius 3 is 2.55 bits per heavy atom. The Morgan fingerprint density at radius 1 is 0.939 bits per heavy atom. The number of carbonyl (C=O) groups is 1. The lowest BCUT2D eigenvalue weighted by Gasteiger charge is -2.11. The Bertz CT molecular complexity index is 1180. The minimum atomic E-state index is 0.0391. The van der Waals surface area contributed by atoms with Crippen LogP contribution < -0.4 is 10.1 Å². The molecule has 0 aliphatic heterocycles. The molecule has 0 radical (unpaired) electrons. The molecule has 0 fully saturated rings. The highest BCUT2D eigenvalue weighted by molar-refractivity contribution is 5.78. The number of para-hydroxylation sites is 3. The van der Waals surface area contributed by atoms with Crippen LogP contribution in [0.4, 0.5) is 0 Å². The van der Waals surface area contributed by atoms with Crippen molar-refractivity contribution >= 4 is 16.9 Å². The van der Waals surface area contributed by atoms with Gasteiger partial charge in [-0.25, -0.2) is 4.98 Å². The van der Waals surface area contributed by atoms with Gasteiger partial charge in [0.1, 0.15) is 11.6 Å². The van der Waals surface area contributed by atoms with Gasteiger partial charge in [-0.2, -0.15) is 0 Å². The smallest absolute Gasteiger partial charge is 0.224 e. The number of carbonyl (C=O) groups excluding carboxylic acids is 1. The number of nitrogens with one attached hydrogen (secondary N) is 1. The number of imidazole rings is 1. The number of rotatable bonds is 11. The molecule has 1 heterocycles. The number of nitrogens with zero attached hydrogens (tertiary/aromatic N) is 2. The van der Waals surface area contributed by atoms with E-state index in [2.05, 4.69) is 28.9 Å². The summed E-state index contributed by atoms with van der Waals surface area (Å²) in [5.41, 5.74) is 4.33. The summed E-state index contributed by atoms with van der Waals surface area (Å²) in [5, 5.41) is 3.04. The number of benzene rings is 3. The molecule has 1 amide bonds. The number of amides is 1. The lowest BCUT2D eigenvalue weighted by atomic mass is 10.1. The quantitative estimate of drug-likeness (QED) is 0.329. The molecule has 0 atom stereocenters. The summed E-state index contributed by atoms with van der Waals surface area (Å²) in [5.74, 6) is 2.01. The molecular weight excluding hydrogens is 410 g/mol. The van der Waals surface area contributed by atoms with Crippen molar-refractivity contribution in [1.29, 1.82) is 0 Å². The highest BCUT2D eigenvalue weighted by atomic mass is 16.5. The van der Waals surface area contributed by atoms with E-state index in [0.717, 1.165) is 53.1 Å². The van der Waals surface area contributed by atoms with Gasteiger partial charge in [-0.1, -0.05) is 60.7 Å². The third-order valence-corrected chi connectivity index (χ3v) is 5.74. The second kappa shape index (κ2) is 11.3. The van der Waals surface area contributed by atoms with Crippen LogP contribution in [0.25, 0.3) is 11.0 Å². The standard InChI is InChI=1S/C28H31N3O2/c1-22-11-5-8-16-26(22)33-20-10-9-19-31-25-15-7-6-14-24(25)30-27(31)17-18-29-28(32)21-23-12-3-2-4-13-23/h2-8,11-16H,9-10,17-21H2,1H3,(H,29,32). The minimum Gasteiger partial charge on any atom is -0.493 e. The van der Waals surface area contributed by atoms with Gasteiger partial charge in [0.05, 0.1) is 24.1 Å². The predicted octanol–water partition coefficient (Wildman–Crippen LogP) is 5.11. The molecule has 0 unspecified atom stereocenters. The number of aromatic nitrogens is 2. The third-order valence-electron chi connectivity index (χ3n) is 5.74. The zero-order valence-corrected chi connectivity index (χ0v) is 19.2. The zero-order chi connectivity index (χ0) is 22.9. The van der Waals surface area contributed by atoms with Crippen LogP contribution in [-0.2, 0) is 24.2 Å². The van der Waals surface area contributed by atoms with Crippen LogP contribution in [0.15, 0.2) is 78.9 Å². The van der Waals surface area contributed by atoms with Crippen molar-refractivity contribution in [3.05, 3.63) is 95.8 Å². The number of hydrogen-bond acceptors (Lipinski definition) is 3. The monoisotopic (exact) mass is 441 g/mol. The fourth-order valence-electron chi connectivity index (χ4n) is 4.00. The second-order valence-corrected chi connectivity index (χ2v) is 8.25. The van der Waals surface area contributed by atoms with Crippen LogP contribution in [0.1, 0.15) is 29.8 Å². The summed E-state index contributed by atoms with van der Waals surface area (Å²) < 4.78 is 8.23. The molecule has 0 aliphatic carbocycles. The minimum absolute atomic E-state index is 0.0391. The molecule has 5 heteroatoms. The molecule has 0 bridgehead atoms. The largest absolute Gasteiger partial charge is 0.493 e. The van der Waals surface area contributed by atoms with Crippen LogP contribution in [-0.4, -0.2) is 28.6 Å². The molecule has 170 valence electrons. The maximum Gasteiger partial charge on any atom is 0.224 e. The molecule has 4 rings (SSSR count). The molecule has 1 aromatic heterocycles. The molecule has 5 nitrogen and oxygen atoms in total. The summed E-state index contributed by atoms with van der Waals surface area (Å²) >= 11 is 0. The molecule has 0 spiro atoms. The van der Waals surface area contributed by atoms with E-state index in [1.165, 1.54) is 0 Å². The van der Waals surface area contributed by atoms with E-state index < -0.39 is 0 Å². The topological polar surface area (TPSA) is 56.1 Å². The van der Waals surface area contributed by atoms with Gasteiger partial charge in [-0.3, -0.25) is 4.79 Å². The van der Waals surface area contributed by atoms with E-state index in [1.807, 2.05) is 66.7 Å². The molecular formula is C28H31N3O2. The summed E-state index contributed by atoms with van der Waals surface area (Å²) in [6.45, 7) is 4.22. The normalized spacial score (nSPS) is 10.9. The molecule has 0 saturated heterocycles. The zero-order valence-electron chi connectivity index (χ0n) is 19.2. The Hall–Kier alpha value is -3.60. The highest BCUT2D eigenvalue weighted by Gasteiger charge is 2.11. The molecule has 33 heavy (non-hydrogen) atoms. The van der Waals surface area contributed by atoms with Gasteiger partial charge < -0.3 is 14.6 Å². The first-order valence-corrected chi connectivity index (χ1v) is 11.6. The summed E-state index contributed by atoms with van der Waals surface area (Å²) in [6, 6.07) is 26.2. The van der Waals surface area contributed by atoms with Crippen molar-refractivity contribution in [3.63, 3.8) is 0 Å². The van der Waals surface area contributed by atoms with Crippen molar-refractivity contribution < 1.29 is 9.53 Å². The van der Waals surface area contributed by atoms with Crippen molar-refractivity contribution in [2.75, 3.05) is 13.2 Å². The first-order chi connectivity index (χ1) is 16.2. The van der Waals surface area contributed by atoms with Crippen molar-refractivity contribution in [1.82, 2.24) is 14.9 Å². The van der Waals surface area contributed by atoms with Crippen LogP contribution in [0, 0.1) is 6.92 Å². The Balaban J connectivity index is 1.30. The van der Waals surface area contributed by atoms with Crippen LogP contribution >= 0.6 is 0 Å². The highest BCUT2D eigenvalue weighted by Crippen LogP contribution is 2.19. The maximum atomic E-state index is 12.3. The summed E-state index contributed by atoms with van der Waals surface area (Å²) in [7, 11) is 0. The van der Waals surface area contributed by atoms with E-state index in [9.17, 15) is 4.79 Å². The van der Waals surface area contributed by atoms with Gasteiger partial charge in [0, 0.05) is 19.5 Å². The second-order valence-electron chi connectivity index (χ2n) is 8.25. The van der Waals surface area contributed by atoms with Crippen molar-refractivity contribution in [3.8, 4) is 5.75 Å². The summed E-state index contributed by atoms with van der Waals surface area (Å²) in [4.78, 5) is 17.1. The van der Waals surface area contributed by atoms with E-state index >= 15 is 0 Å². The molecule has 0 saturated carbocycles. The van der Waals surface area contributed by atoms with E-state index in [4.69, 9.17) is 9.72 Å².